The second-order valence-corrected chi connectivity index (χ2v) is 6.03. The predicted molar refractivity (Wildman–Crippen MR) is 84.7 cm³/mol. The van der Waals surface area contributed by atoms with Crippen LogP contribution in [0.25, 0.3) is 0 Å². The van der Waals surface area contributed by atoms with Crippen molar-refractivity contribution in [2.45, 2.75) is 31.4 Å². The molecule has 0 atom stereocenters. The average Bonchev–Trinajstić information content (AvgIpc) is 2.47. The van der Waals surface area contributed by atoms with Crippen molar-refractivity contribution in [2.75, 3.05) is 24.7 Å². The Hall–Kier alpha value is -1.07. The maximum Gasteiger partial charge on any atom is 0.238 e. The average molecular weight is 298 g/mol. The number of anilines is 1. The first-order chi connectivity index (χ1) is 9.55. The Bertz CT molecular complexity index is 410. The molecule has 0 aliphatic carbocycles. The summed E-state index contributed by atoms with van der Waals surface area (Å²) in [6, 6.07) is 5.76. The van der Waals surface area contributed by atoms with Gasteiger partial charge in [-0.15, -0.1) is 0 Å². The lowest BCUT2D eigenvalue weighted by Gasteiger charge is -2.29. The van der Waals surface area contributed by atoms with Crippen LogP contribution >= 0.6 is 11.8 Å². The topological polar surface area (TPSA) is 41.1 Å². The summed E-state index contributed by atoms with van der Waals surface area (Å²) in [5.41, 5.74) is 0.611. The van der Waals surface area contributed by atoms with Crippen LogP contribution < -0.4 is 10.6 Å². The Morgan fingerprint density at radius 3 is 2.35 bits per heavy atom. The Balaban J connectivity index is 2.38. The van der Waals surface area contributed by atoms with Crippen LogP contribution in [0.3, 0.4) is 0 Å². The van der Waals surface area contributed by atoms with Crippen molar-refractivity contribution in [3.05, 3.63) is 30.1 Å². The number of nitrogens with one attached hydrogen (secondary N) is 2. The molecule has 1 amide bonds. The summed E-state index contributed by atoms with van der Waals surface area (Å²) in [6.07, 6.45) is 4.24. The van der Waals surface area contributed by atoms with E-state index in [1.54, 1.807) is 12.1 Å². The van der Waals surface area contributed by atoms with E-state index < -0.39 is 0 Å². The molecule has 0 radical (unpaired) electrons. The molecule has 0 aromatic heterocycles. The largest absolute Gasteiger partial charge is 0.325 e. The van der Waals surface area contributed by atoms with E-state index in [9.17, 15) is 9.18 Å². The molecule has 2 N–H and O–H groups in total. The minimum atomic E-state index is -0.309. The molecule has 0 saturated heterocycles. The van der Waals surface area contributed by atoms with Crippen molar-refractivity contribution in [1.29, 1.82) is 0 Å². The molecule has 0 aliphatic rings. The second-order valence-electron chi connectivity index (χ2n) is 4.75. The number of rotatable bonds is 8. The number of carbonyl (C=O) groups is 1. The van der Waals surface area contributed by atoms with Gasteiger partial charge in [-0.25, -0.2) is 4.39 Å². The Kier molecular flexibility index (Phi) is 7.02. The monoisotopic (exact) mass is 298 g/mol. The van der Waals surface area contributed by atoms with E-state index in [1.807, 2.05) is 11.8 Å². The first-order valence-electron chi connectivity index (χ1n) is 6.86. The fourth-order valence-corrected chi connectivity index (χ4v) is 2.83. The lowest BCUT2D eigenvalue weighted by Crippen LogP contribution is -2.40. The Morgan fingerprint density at radius 2 is 1.85 bits per heavy atom. The van der Waals surface area contributed by atoms with E-state index in [2.05, 4.69) is 30.7 Å². The van der Waals surface area contributed by atoms with E-state index in [-0.39, 0.29) is 23.0 Å². The van der Waals surface area contributed by atoms with E-state index in [0.29, 0.717) is 5.69 Å². The molecule has 0 spiro atoms. The lowest BCUT2D eigenvalue weighted by molar-refractivity contribution is -0.115. The molecule has 0 heterocycles. The molecule has 1 aromatic rings. The minimum absolute atomic E-state index is 0.112. The third-order valence-electron chi connectivity index (χ3n) is 3.58. The van der Waals surface area contributed by atoms with Crippen molar-refractivity contribution < 1.29 is 9.18 Å². The molecule has 112 valence electrons. The summed E-state index contributed by atoms with van der Waals surface area (Å²) in [5.74, 6) is -0.421. The summed E-state index contributed by atoms with van der Waals surface area (Å²) in [5, 5.41) is 5.94. The van der Waals surface area contributed by atoms with Gasteiger partial charge in [0.1, 0.15) is 5.82 Å². The number of hydrogen-bond donors (Lipinski definition) is 2. The van der Waals surface area contributed by atoms with Gasteiger partial charge >= 0.3 is 0 Å². The molecule has 0 saturated carbocycles. The van der Waals surface area contributed by atoms with Gasteiger partial charge in [0.05, 0.1) is 6.54 Å². The number of halogens is 1. The zero-order valence-corrected chi connectivity index (χ0v) is 13.1. The van der Waals surface area contributed by atoms with Crippen LogP contribution in [0.1, 0.15) is 26.7 Å². The summed E-state index contributed by atoms with van der Waals surface area (Å²) in [7, 11) is 0. The van der Waals surface area contributed by atoms with Crippen LogP contribution in [0.15, 0.2) is 24.3 Å². The van der Waals surface area contributed by atoms with Crippen LogP contribution in [0.2, 0.25) is 0 Å². The standard InChI is InChI=1S/C15H23FN2OS/c1-4-15(5-2,20-3)11-17-10-14(19)18-13-8-6-12(16)7-9-13/h6-9,17H,4-5,10-11H2,1-3H3,(H,18,19). The van der Waals surface area contributed by atoms with Crippen molar-refractivity contribution in [2.24, 2.45) is 0 Å². The van der Waals surface area contributed by atoms with Gasteiger partial charge < -0.3 is 10.6 Å². The summed E-state index contributed by atoms with van der Waals surface area (Å²) in [4.78, 5) is 11.8. The van der Waals surface area contributed by atoms with Gasteiger partial charge in [-0.2, -0.15) is 11.8 Å². The van der Waals surface area contributed by atoms with E-state index >= 15 is 0 Å². The highest BCUT2D eigenvalue weighted by Crippen LogP contribution is 2.29. The third kappa shape index (κ3) is 5.13. The van der Waals surface area contributed by atoms with Crippen LogP contribution in [0.4, 0.5) is 10.1 Å². The van der Waals surface area contributed by atoms with Crippen LogP contribution in [0, 0.1) is 5.82 Å². The first kappa shape index (κ1) is 17.0. The van der Waals surface area contributed by atoms with Crippen LogP contribution in [0.5, 0.6) is 0 Å². The summed E-state index contributed by atoms with van der Waals surface area (Å²) >= 11 is 1.84. The fraction of sp³-hybridized carbons (Fsp3) is 0.533. The highest BCUT2D eigenvalue weighted by molar-refractivity contribution is 8.00. The molecule has 3 nitrogen and oxygen atoms in total. The van der Waals surface area contributed by atoms with Gasteiger partial charge in [0.25, 0.3) is 0 Å². The van der Waals surface area contributed by atoms with Gasteiger partial charge in [-0.1, -0.05) is 13.8 Å². The molecule has 20 heavy (non-hydrogen) atoms. The molecule has 0 aliphatic heterocycles. The maximum atomic E-state index is 12.7. The van der Waals surface area contributed by atoms with Gasteiger partial charge in [0, 0.05) is 17.0 Å². The highest BCUT2D eigenvalue weighted by Gasteiger charge is 2.24. The number of benzene rings is 1. The van der Waals surface area contributed by atoms with Crippen LogP contribution in [-0.2, 0) is 4.79 Å². The normalized spacial score (nSPS) is 11.4. The molecular weight excluding hydrogens is 275 g/mol. The quantitative estimate of drug-likeness (QED) is 0.774. The number of amides is 1. The van der Waals surface area contributed by atoms with Crippen molar-refractivity contribution >= 4 is 23.4 Å². The lowest BCUT2D eigenvalue weighted by atomic mass is 10.0. The second kappa shape index (κ2) is 8.27. The van der Waals surface area contributed by atoms with Gasteiger partial charge in [-0.05, 0) is 43.4 Å². The number of hydrogen-bond acceptors (Lipinski definition) is 3. The molecule has 0 unspecified atom stereocenters. The predicted octanol–water partition coefficient (Wildman–Crippen LogP) is 3.28. The third-order valence-corrected chi connectivity index (χ3v) is 5.17. The molecule has 1 aromatic carbocycles. The Morgan fingerprint density at radius 1 is 1.25 bits per heavy atom. The van der Waals surface area contributed by atoms with E-state index in [4.69, 9.17) is 0 Å². The van der Waals surface area contributed by atoms with Crippen LogP contribution in [-0.4, -0.2) is 30.0 Å². The summed E-state index contributed by atoms with van der Waals surface area (Å²) < 4.78 is 12.9. The smallest absolute Gasteiger partial charge is 0.238 e. The number of thioether (sulfide) groups is 1. The SMILES string of the molecule is CCC(CC)(CNCC(=O)Nc1ccc(F)cc1)SC. The minimum Gasteiger partial charge on any atom is -0.325 e. The zero-order chi connectivity index (χ0) is 15.0. The molecule has 0 fully saturated rings. The fourth-order valence-electron chi connectivity index (χ4n) is 2.00. The Labute approximate surface area is 124 Å². The van der Waals surface area contributed by atoms with Crippen molar-refractivity contribution in [3.63, 3.8) is 0 Å². The maximum absolute atomic E-state index is 12.7. The first-order valence-corrected chi connectivity index (χ1v) is 8.09. The highest BCUT2D eigenvalue weighted by atomic mass is 32.2. The van der Waals surface area contributed by atoms with E-state index in [1.165, 1.54) is 12.1 Å². The molecule has 0 bridgehead atoms. The number of carbonyl (C=O) groups excluding carboxylic acids is 1. The molecular formula is C15H23FN2OS. The van der Waals surface area contributed by atoms with Crippen molar-refractivity contribution in [1.82, 2.24) is 5.32 Å². The summed E-state index contributed by atoms with van der Waals surface area (Å²) in [6.45, 7) is 5.40. The van der Waals surface area contributed by atoms with E-state index in [0.717, 1.165) is 19.4 Å². The van der Waals surface area contributed by atoms with Gasteiger partial charge in [0.15, 0.2) is 0 Å². The van der Waals surface area contributed by atoms with Gasteiger partial charge in [0.2, 0.25) is 5.91 Å². The van der Waals surface area contributed by atoms with Crippen molar-refractivity contribution in [3.8, 4) is 0 Å². The zero-order valence-electron chi connectivity index (χ0n) is 12.3. The molecule has 5 heteroatoms. The molecule has 1 rings (SSSR count). The van der Waals surface area contributed by atoms with Gasteiger partial charge in [-0.3, -0.25) is 4.79 Å².